The zero-order valence-electron chi connectivity index (χ0n) is 17.4. The molecule has 4 heteroatoms. The lowest BCUT2D eigenvalue weighted by Crippen LogP contribution is -2.07. The maximum absolute atomic E-state index is 9.22. The number of aromatic nitrogens is 2. The molecule has 0 radical (unpaired) electrons. The Labute approximate surface area is 168 Å². The normalized spacial score (nSPS) is 11.3. The summed E-state index contributed by atoms with van der Waals surface area (Å²) in [7, 11) is 0. The van der Waals surface area contributed by atoms with E-state index in [1.54, 1.807) is 0 Å². The molecule has 0 spiro atoms. The maximum Gasteiger partial charge on any atom is 0.119 e. The van der Waals surface area contributed by atoms with Crippen molar-refractivity contribution < 1.29 is 9.84 Å². The SMILES string of the molecule is CCc1ccc(OCCCCn2c(CCCO)nc3cc(C)c(C)cc32)cc1. The van der Waals surface area contributed by atoms with Crippen molar-refractivity contribution in [2.24, 2.45) is 0 Å². The predicted octanol–water partition coefficient (Wildman–Crippen LogP) is 5.00. The summed E-state index contributed by atoms with van der Waals surface area (Å²) in [4.78, 5) is 4.84. The number of fused-ring (bicyclic) bond motifs is 1. The molecule has 1 heterocycles. The Hall–Kier alpha value is -2.33. The third-order valence-electron chi connectivity index (χ3n) is 5.38. The van der Waals surface area contributed by atoms with Crippen LogP contribution in [0.2, 0.25) is 0 Å². The molecule has 3 aromatic rings. The molecule has 0 saturated heterocycles. The Balaban J connectivity index is 1.61. The summed E-state index contributed by atoms with van der Waals surface area (Å²) in [6.07, 6.45) is 4.65. The van der Waals surface area contributed by atoms with Crippen LogP contribution in [0.1, 0.15) is 48.7 Å². The van der Waals surface area contributed by atoms with E-state index in [0.717, 1.165) is 62.3 Å². The van der Waals surface area contributed by atoms with Crippen molar-refractivity contribution in [1.29, 1.82) is 0 Å². The van der Waals surface area contributed by atoms with Gasteiger partial charge >= 0.3 is 0 Å². The molecule has 1 aromatic heterocycles. The van der Waals surface area contributed by atoms with E-state index in [4.69, 9.17) is 9.72 Å². The average molecular weight is 381 g/mol. The van der Waals surface area contributed by atoms with E-state index >= 15 is 0 Å². The minimum Gasteiger partial charge on any atom is -0.494 e. The zero-order chi connectivity index (χ0) is 19.9. The second-order valence-electron chi connectivity index (χ2n) is 7.49. The van der Waals surface area contributed by atoms with Crippen molar-refractivity contribution in [3.05, 3.63) is 58.9 Å². The fourth-order valence-electron chi connectivity index (χ4n) is 3.49. The highest BCUT2D eigenvalue weighted by molar-refractivity contribution is 5.78. The van der Waals surface area contributed by atoms with Crippen LogP contribution in [0.25, 0.3) is 11.0 Å². The molecule has 0 bridgehead atoms. The van der Waals surface area contributed by atoms with Crippen LogP contribution in [0.5, 0.6) is 5.75 Å². The minimum atomic E-state index is 0.200. The number of rotatable bonds is 10. The van der Waals surface area contributed by atoms with Crippen LogP contribution in [-0.4, -0.2) is 27.9 Å². The van der Waals surface area contributed by atoms with Gasteiger partial charge in [0, 0.05) is 19.6 Å². The second-order valence-corrected chi connectivity index (χ2v) is 7.49. The first kappa shape index (κ1) is 20.4. The third-order valence-corrected chi connectivity index (χ3v) is 5.38. The number of ether oxygens (including phenoxy) is 1. The Kier molecular flexibility index (Phi) is 7.10. The molecule has 150 valence electrons. The van der Waals surface area contributed by atoms with E-state index in [0.29, 0.717) is 0 Å². The molecular weight excluding hydrogens is 348 g/mol. The van der Waals surface area contributed by atoms with Gasteiger partial charge in [0.1, 0.15) is 11.6 Å². The predicted molar refractivity (Wildman–Crippen MR) is 115 cm³/mol. The number of aryl methyl sites for hydroxylation is 5. The summed E-state index contributed by atoms with van der Waals surface area (Å²) >= 11 is 0. The van der Waals surface area contributed by atoms with E-state index in [1.165, 1.54) is 22.2 Å². The van der Waals surface area contributed by atoms with E-state index in [-0.39, 0.29) is 6.61 Å². The van der Waals surface area contributed by atoms with Gasteiger partial charge in [-0.1, -0.05) is 19.1 Å². The lowest BCUT2D eigenvalue weighted by Gasteiger charge is -2.11. The van der Waals surface area contributed by atoms with E-state index in [9.17, 15) is 5.11 Å². The molecule has 28 heavy (non-hydrogen) atoms. The Morgan fingerprint density at radius 3 is 2.46 bits per heavy atom. The van der Waals surface area contributed by atoms with Crippen LogP contribution in [-0.2, 0) is 19.4 Å². The number of hydrogen-bond donors (Lipinski definition) is 1. The molecule has 0 atom stereocenters. The number of nitrogens with zero attached hydrogens (tertiary/aromatic N) is 2. The quantitative estimate of drug-likeness (QED) is 0.504. The van der Waals surface area contributed by atoms with E-state index < -0.39 is 0 Å². The summed E-state index contributed by atoms with van der Waals surface area (Å²) in [6, 6.07) is 12.8. The van der Waals surface area contributed by atoms with Gasteiger partial charge in [0.2, 0.25) is 0 Å². The minimum absolute atomic E-state index is 0.200. The zero-order valence-corrected chi connectivity index (χ0v) is 17.4. The molecule has 0 aliphatic rings. The maximum atomic E-state index is 9.22. The Morgan fingerprint density at radius 1 is 1.00 bits per heavy atom. The number of aliphatic hydroxyl groups excluding tert-OH is 1. The van der Waals surface area contributed by atoms with Crippen LogP contribution >= 0.6 is 0 Å². The van der Waals surface area contributed by atoms with E-state index in [1.807, 2.05) is 0 Å². The molecule has 0 fully saturated rings. The van der Waals surface area contributed by atoms with Gasteiger partial charge in [0.25, 0.3) is 0 Å². The number of unbranched alkanes of at least 4 members (excludes halogenated alkanes) is 1. The fourth-order valence-corrected chi connectivity index (χ4v) is 3.49. The summed E-state index contributed by atoms with van der Waals surface area (Å²) in [5.74, 6) is 2.02. The Bertz CT molecular complexity index is 897. The van der Waals surface area contributed by atoms with Crippen molar-refractivity contribution in [3.63, 3.8) is 0 Å². The monoisotopic (exact) mass is 380 g/mol. The van der Waals surface area contributed by atoms with Crippen molar-refractivity contribution in [2.75, 3.05) is 13.2 Å². The van der Waals surface area contributed by atoms with Gasteiger partial charge in [-0.15, -0.1) is 0 Å². The lowest BCUT2D eigenvalue weighted by atomic mass is 10.1. The van der Waals surface area contributed by atoms with Crippen LogP contribution in [0.3, 0.4) is 0 Å². The van der Waals surface area contributed by atoms with Gasteiger partial charge in [-0.3, -0.25) is 0 Å². The highest BCUT2D eigenvalue weighted by Gasteiger charge is 2.11. The van der Waals surface area contributed by atoms with Crippen molar-refractivity contribution in [1.82, 2.24) is 9.55 Å². The van der Waals surface area contributed by atoms with Crippen LogP contribution in [0.4, 0.5) is 0 Å². The summed E-state index contributed by atoms with van der Waals surface area (Å²) in [5, 5.41) is 9.22. The number of imidazole rings is 1. The van der Waals surface area contributed by atoms with Gasteiger partial charge < -0.3 is 14.4 Å². The van der Waals surface area contributed by atoms with Crippen molar-refractivity contribution in [2.45, 2.75) is 59.4 Å². The lowest BCUT2D eigenvalue weighted by molar-refractivity contribution is 0.286. The van der Waals surface area contributed by atoms with Crippen LogP contribution in [0, 0.1) is 13.8 Å². The van der Waals surface area contributed by atoms with Gasteiger partial charge in [0.15, 0.2) is 0 Å². The largest absolute Gasteiger partial charge is 0.494 e. The van der Waals surface area contributed by atoms with Crippen molar-refractivity contribution in [3.8, 4) is 5.75 Å². The summed E-state index contributed by atoms with van der Waals surface area (Å²) in [5.41, 5.74) is 6.16. The van der Waals surface area contributed by atoms with E-state index in [2.05, 4.69) is 61.7 Å². The molecular formula is C24H32N2O2. The second kappa shape index (κ2) is 9.74. The number of aliphatic hydroxyl groups is 1. The molecule has 0 saturated carbocycles. The molecule has 1 N–H and O–H groups in total. The number of benzene rings is 2. The molecule has 2 aromatic carbocycles. The molecule has 0 aliphatic heterocycles. The van der Waals surface area contributed by atoms with Gasteiger partial charge in [-0.05, 0) is 80.5 Å². The highest BCUT2D eigenvalue weighted by atomic mass is 16.5. The van der Waals surface area contributed by atoms with Crippen LogP contribution < -0.4 is 4.74 Å². The topological polar surface area (TPSA) is 47.3 Å². The smallest absolute Gasteiger partial charge is 0.119 e. The third kappa shape index (κ3) is 4.93. The number of hydrogen-bond acceptors (Lipinski definition) is 3. The molecule has 3 rings (SSSR count). The highest BCUT2D eigenvalue weighted by Crippen LogP contribution is 2.22. The molecule has 0 aliphatic carbocycles. The van der Waals surface area contributed by atoms with Crippen LogP contribution in [0.15, 0.2) is 36.4 Å². The Morgan fingerprint density at radius 2 is 1.75 bits per heavy atom. The molecule has 0 amide bonds. The first-order chi connectivity index (χ1) is 13.6. The molecule has 0 unspecified atom stereocenters. The van der Waals surface area contributed by atoms with Gasteiger partial charge in [-0.2, -0.15) is 0 Å². The van der Waals surface area contributed by atoms with Gasteiger partial charge in [0.05, 0.1) is 17.6 Å². The van der Waals surface area contributed by atoms with Gasteiger partial charge in [-0.25, -0.2) is 4.98 Å². The van der Waals surface area contributed by atoms with Crippen molar-refractivity contribution >= 4 is 11.0 Å². The molecule has 4 nitrogen and oxygen atoms in total. The first-order valence-corrected chi connectivity index (χ1v) is 10.4. The summed E-state index contributed by atoms with van der Waals surface area (Å²) < 4.78 is 8.21. The average Bonchev–Trinajstić information content (AvgIpc) is 3.03. The first-order valence-electron chi connectivity index (χ1n) is 10.4. The summed E-state index contributed by atoms with van der Waals surface area (Å²) in [6.45, 7) is 8.29. The standard InChI is InChI=1S/C24H32N2O2/c1-4-20-9-11-21(12-10-20)28-15-6-5-13-26-23-17-19(3)18(2)16-22(23)25-24(26)8-7-14-27/h9-12,16-17,27H,4-8,13-15H2,1-3H3. The fraction of sp³-hybridized carbons (Fsp3) is 0.458.